The number of nitrogens with zero attached hydrogens (tertiary/aromatic N) is 5. The Kier molecular flexibility index (Phi) is 6.90. The lowest BCUT2D eigenvalue weighted by molar-refractivity contribution is -0.129. The van der Waals surface area contributed by atoms with E-state index in [0.717, 1.165) is 36.3 Å². The molecule has 3 rings (SSSR count). The summed E-state index contributed by atoms with van der Waals surface area (Å²) in [5.74, 6) is 0.487. The molecule has 1 aliphatic rings. The third kappa shape index (κ3) is 4.82. The number of aromatic nitrogens is 3. The van der Waals surface area contributed by atoms with Gasteiger partial charge in [0.05, 0.1) is 18.5 Å². The first-order valence-corrected chi connectivity index (χ1v) is 10.3. The van der Waals surface area contributed by atoms with Crippen LogP contribution in [0.2, 0.25) is 0 Å². The number of anilines is 1. The van der Waals surface area contributed by atoms with Crippen molar-refractivity contribution in [3.63, 3.8) is 0 Å². The van der Waals surface area contributed by atoms with Gasteiger partial charge in [0.25, 0.3) is 0 Å². The SMILES string of the molecule is CCn1c(SC(C)C(=O)N(C)Cc2cccc(F)c2)nnc1N1CCOCC1. The topological polar surface area (TPSA) is 63.5 Å². The van der Waals surface area contributed by atoms with Gasteiger partial charge in [-0.15, -0.1) is 10.2 Å². The van der Waals surface area contributed by atoms with Crippen LogP contribution < -0.4 is 4.90 Å². The van der Waals surface area contributed by atoms with E-state index in [2.05, 4.69) is 15.1 Å². The van der Waals surface area contributed by atoms with Crippen molar-refractivity contribution >= 4 is 23.6 Å². The fraction of sp³-hybridized carbons (Fsp3) is 0.526. The first-order chi connectivity index (χ1) is 13.5. The van der Waals surface area contributed by atoms with Crippen molar-refractivity contribution < 1.29 is 13.9 Å². The zero-order chi connectivity index (χ0) is 20.1. The molecule has 28 heavy (non-hydrogen) atoms. The van der Waals surface area contributed by atoms with Crippen molar-refractivity contribution in [3.05, 3.63) is 35.6 Å². The van der Waals surface area contributed by atoms with E-state index in [1.54, 1.807) is 18.0 Å². The number of hydrogen-bond donors (Lipinski definition) is 0. The summed E-state index contributed by atoms with van der Waals surface area (Å²) in [6.45, 7) is 7.92. The first-order valence-electron chi connectivity index (χ1n) is 9.41. The lowest BCUT2D eigenvalue weighted by Crippen LogP contribution is -2.38. The Morgan fingerprint density at radius 2 is 2.11 bits per heavy atom. The van der Waals surface area contributed by atoms with Gasteiger partial charge in [0.1, 0.15) is 5.82 Å². The van der Waals surface area contributed by atoms with Crippen LogP contribution in [-0.2, 0) is 22.6 Å². The molecule has 0 aliphatic carbocycles. The molecule has 0 saturated carbocycles. The summed E-state index contributed by atoms with van der Waals surface area (Å²) < 4.78 is 20.8. The number of rotatable bonds is 7. The number of carbonyl (C=O) groups excluding carboxylic acids is 1. The Morgan fingerprint density at radius 1 is 1.36 bits per heavy atom. The van der Waals surface area contributed by atoms with Gasteiger partial charge < -0.3 is 14.5 Å². The molecular formula is C19H26FN5O2S. The minimum absolute atomic E-state index is 0.0344. The highest BCUT2D eigenvalue weighted by atomic mass is 32.2. The van der Waals surface area contributed by atoms with Crippen LogP contribution in [0.5, 0.6) is 0 Å². The van der Waals surface area contributed by atoms with Gasteiger partial charge in [-0.05, 0) is 31.5 Å². The van der Waals surface area contributed by atoms with E-state index in [1.807, 2.05) is 24.5 Å². The predicted molar refractivity (Wildman–Crippen MR) is 107 cm³/mol. The molecule has 1 saturated heterocycles. The number of morpholine rings is 1. The molecule has 7 nitrogen and oxygen atoms in total. The minimum Gasteiger partial charge on any atom is -0.378 e. The van der Waals surface area contributed by atoms with Crippen molar-refractivity contribution in [3.8, 4) is 0 Å². The fourth-order valence-electron chi connectivity index (χ4n) is 3.15. The molecule has 0 radical (unpaired) electrons. The zero-order valence-electron chi connectivity index (χ0n) is 16.5. The lowest BCUT2D eigenvalue weighted by Gasteiger charge is -2.27. The van der Waals surface area contributed by atoms with Crippen molar-refractivity contribution in [2.45, 2.75) is 37.3 Å². The molecule has 1 unspecified atom stereocenters. The van der Waals surface area contributed by atoms with Crippen LogP contribution >= 0.6 is 11.8 Å². The first kappa shape index (κ1) is 20.6. The summed E-state index contributed by atoms with van der Waals surface area (Å²) in [4.78, 5) is 16.5. The molecule has 1 aromatic heterocycles. The normalized spacial score (nSPS) is 15.5. The van der Waals surface area contributed by atoms with E-state index in [9.17, 15) is 9.18 Å². The van der Waals surface area contributed by atoms with Gasteiger partial charge >= 0.3 is 0 Å². The second-order valence-electron chi connectivity index (χ2n) is 6.71. The largest absolute Gasteiger partial charge is 0.378 e. The summed E-state index contributed by atoms with van der Waals surface area (Å²) in [7, 11) is 1.73. The van der Waals surface area contributed by atoms with E-state index in [1.165, 1.54) is 23.9 Å². The number of thioether (sulfide) groups is 1. The molecule has 2 heterocycles. The molecule has 1 atom stereocenters. The Bertz CT molecular complexity index is 809. The molecule has 1 aromatic carbocycles. The van der Waals surface area contributed by atoms with Gasteiger partial charge in [0.15, 0.2) is 5.16 Å². The molecule has 1 aliphatic heterocycles. The van der Waals surface area contributed by atoms with Crippen LogP contribution in [0.3, 0.4) is 0 Å². The Labute approximate surface area is 168 Å². The summed E-state index contributed by atoms with van der Waals surface area (Å²) in [5, 5.41) is 9.05. The van der Waals surface area contributed by atoms with E-state index in [0.29, 0.717) is 19.8 Å². The van der Waals surface area contributed by atoms with E-state index < -0.39 is 0 Å². The second-order valence-corrected chi connectivity index (χ2v) is 8.02. The quantitative estimate of drug-likeness (QED) is 0.657. The van der Waals surface area contributed by atoms with Crippen LogP contribution in [0.4, 0.5) is 10.3 Å². The number of amides is 1. The third-order valence-electron chi connectivity index (χ3n) is 4.62. The zero-order valence-corrected chi connectivity index (χ0v) is 17.3. The van der Waals surface area contributed by atoms with Crippen LogP contribution in [0.1, 0.15) is 19.4 Å². The van der Waals surface area contributed by atoms with Crippen LogP contribution in [0, 0.1) is 5.82 Å². The molecule has 0 bridgehead atoms. The highest BCUT2D eigenvalue weighted by Gasteiger charge is 2.24. The molecule has 0 N–H and O–H groups in total. The smallest absolute Gasteiger partial charge is 0.235 e. The average molecular weight is 408 g/mol. The number of ether oxygens (including phenoxy) is 1. The van der Waals surface area contributed by atoms with Crippen LogP contribution in [0.15, 0.2) is 29.4 Å². The Morgan fingerprint density at radius 3 is 2.79 bits per heavy atom. The maximum absolute atomic E-state index is 13.4. The van der Waals surface area contributed by atoms with Crippen LogP contribution in [0.25, 0.3) is 0 Å². The van der Waals surface area contributed by atoms with Crippen molar-refractivity contribution in [1.82, 2.24) is 19.7 Å². The molecule has 9 heteroatoms. The molecule has 2 aromatic rings. The standard InChI is InChI=1S/C19H26FN5O2S/c1-4-25-18(24-8-10-27-11-9-24)21-22-19(25)28-14(2)17(26)23(3)13-15-6-5-7-16(20)12-15/h5-7,12,14H,4,8-11,13H2,1-3H3. The van der Waals surface area contributed by atoms with E-state index in [4.69, 9.17) is 4.74 Å². The Balaban J connectivity index is 1.65. The second kappa shape index (κ2) is 9.38. The highest BCUT2D eigenvalue weighted by Crippen LogP contribution is 2.27. The van der Waals surface area contributed by atoms with Gasteiger partial charge in [0, 0.05) is 33.2 Å². The van der Waals surface area contributed by atoms with Crippen LogP contribution in [-0.4, -0.2) is 64.2 Å². The lowest BCUT2D eigenvalue weighted by atomic mass is 10.2. The summed E-state index contributed by atoms with van der Waals surface area (Å²) in [5.41, 5.74) is 0.763. The number of hydrogen-bond acceptors (Lipinski definition) is 6. The molecule has 1 amide bonds. The molecular weight excluding hydrogens is 381 g/mol. The summed E-state index contributed by atoms with van der Waals surface area (Å²) in [6, 6.07) is 6.31. The number of halogens is 1. The highest BCUT2D eigenvalue weighted by molar-refractivity contribution is 8.00. The van der Waals surface area contributed by atoms with Gasteiger partial charge in [-0.1, -0.05) is 23.9 Å². The average Bonchev–Trinajstić information content (AvgIpc) is 3.10. The monoisotopic (exact) mass is 407 g/mol. The minimum atomic E-state index is -0.328. The van der Waals surface area contributed by atoms with Gasteiger partial charge in [0.2, 0.25) is 11.9 Å². The van der Waals surface area contributed by atoms with E-state index >= 15 is 0 Å². The summed E-state index contributed by atoms with van der Waals surface area (Å²) in [6.07, 6.45) is 0. The fourth-order valence-corrected chi connectivity index (χ4v) is 4.17. The molecule has 1 fully saturated rings. The summed E-state index contributed by atoms with van der Waals surface area (Å²) >= 11 is 1.40. The Hall–Kier alpha value is -2.13. The number of benzene rings is 1. The van der Waals surface area contributed by atoms with Gasteiger partial charge in [-0.2, -0.15) is 0 Å². The van der Waals surface area contributed by atoms with Crippen molar-refractivity contribution in [2.24, 2.45) is 0 Å². The maximum Gasteiger partial charge on any atom is 0.235 e. The molecule has 152 valence electrons. The van der Waals surface area contributed by atoms with E-state index in [-0.39, 0.29) is 17.0 Å². The third-order valence-corrected chi connectivity index (χ3v) is 5.69. The predicted octanol–water partition coefficient (Wildman–Crippen LogP) is 2.41. The van der Waals surface area contributed by atoms with Gasteiger partial charge in [-0.25, -0.2) is 4.39 Å². The molecule has 0 spiro atoms. The number of carbonyl (C=O) groups is 1. The maximum atomic E-state index is 13.4. The van der Waals surface area contributed by atoms with Crippen molar-refractivity contribution in [2.75, 3.05) is 38.3 Å². The van der Waals surface area contributed by atoms with Crippen molar-refractivity contribution in [1.29, 1.82) is 0 Å². The van der Waals surface area contributed by atoms with Gasteiger partial charge in [-0.3, -0.25) is 9.36 Å².